The summed E-state index contributed by atoms with van der Waals surface area (Å²) in [6.07, 6.45) is 0. The van der Waals surface area contributed by atoms with Crippen molar-refractivity contribution in [3.05, 3.63) is 103 Å². The number of anilines is 1. The van der Waals surface area contributed by atoms with Crippen LogP contribution in [0.1, 0.15) is 59.3 Å². The molecule has 32 heavy (non-hydrogen) atoms. The molecule has 3 aromatic rings. The molecule has 1 aromatic heterocycles. The lowest BCUT2D eigenvalue weighted by atomic mass is 9.79. The summed E-state index contributed by atoms with van der Waals surface area (Å²) in [7, 11) is 3.11. The van der Waals surface area contributed by atoms with Crippen molar-refractivity contribution in [2.45, 2.75) is 32.1 Å². The molecule has 162 valence electrons. The standard InChI is InChI=1S/C26H25N3O3/c1-26(2,3)15-12-10-14(11-13-15)18-19-21(16-8-6-7-9-17(16)22(19)30)27-23-20(18)24(31)29(5)25(32)28(23)4/h6-13,18,27H,1-5H3/t18-/m1/s1. The van der Waals surface area contributed by atoms with Gasteiger partial charge in [-0.1, -0.05) is 69.3 Å². The maximum Gasteiger partial charge on any atom is 0.332 e. The van der Waals surface area contributed by atoms with Gasteiger partial charge < -0.3 is 5.32 Å². The van der Waals surface area contributed by atoms with Crippen molar-refractivity contribution in [1.29, 1.82) is 0 Å². The third-order valence-electron chi connectivity index (χ3n) is 6.59. The molecule has 5 rings (SSSR count). The van der Waals surface area contributed by atoms with Gasteiger partial charge in [0.25, 0.3) is 5.56 Å². The van der Waals surface area contributed by atoms with E-state index in [2.05, 4.69) is 38.2 Å². The van der Waals surface area contributed by atoms with E-state index in [4.69, 9.17) is 0 Å². The lowest BCUT2D eigenvalue weighted by Crippen LogP contribution is -2.42. The number of nitrogens with zero attached hydrogens (tertiary/aromatic N) is 2. The second-order valence-electron chi connectivity index (χ2n) is 9.56. The summed E-state index contributed by atoms with van der Waals surface area (Å²) < 4.78 is 2.55. The fourth-order valence-electron chi connectivity index (χ4n) is 4.77. The lowest BCUT2D eigenvalue weighted by molar-refractivity contribution is 0.103. The zero-order valence-corrected chi connectivity index (χ0v) is 18.8. The SMILES string of the molecule is Cn1c2c(c(=O)n(C)c1=O)[C@H](c1ccc(C(C)(C)C)cc1)C1=C(N2)c2ccccc2C1=O. The van der Waals surface area contributed by atoms with E-state index < -0.39 is 17.2 Å². The second-order valence-corrected chi connectivity index (χ2v) is 9.56. The molecule has 6 nitrogen and oxygen atoms in total. The minimum atomic E-state index is -0.569. The third-order valence-corrected chi connectivity index (χ3v) is 6.59. The van der Waals surface area contributed by atoms with Crippen LogP contribution in [0.2, 0.25) is 0 Å². The van der Waals surface area contributed by atoms with Crippen LogP contribution >= 0.6 is 0 Å². The molecule has 0 unspecified atom stereocenters. The molecule has 2 heterocycles. The Hall–Kier alpha value is -3.67. The summed E-state index contributed by atoms with van der Waals surface area (Å²) in [6.45, 7) is 6.43. The smallest absolute Gasteiger partial charge is 0.332 e. The minimum absolute atomic E-state index is 0.0194. The number of carbonyl (C=O) groups is 1. The first-order valence-electron chi connectivity index (χ1n) is 10.7. The highest BCUT2D eigenvalue weighted by atomic mass is 16.2. The van der Waals surface area contributed by atoms with Crippen LogP contribution in [-0.4, -0.2) is 14.9 Å². The predicted molar refractivity (Wildman–Crippen MR) is 125 cm³/mol. The van der Waals surface area contributed by atoms with Crippen molar-refractivity contribution in [1.82, 2.24) is 9.13 Å². The summed E-state index contributed by atoms with van der Waals surface area (Å²) in [4.78, 5) is 39.5. The van der Waals surface area contributed by atoms with Crippen LogP contribution in [0.15, 0.2) is 63.7 Å². The van der Waals surface area contributed by atoms with Crippen LogP contribution in [0.4, 0.5) is 5.82 Å². The zero-order chi connectivity index (χ0) is 22.9. The summed E-state index contributed by atoms with van der Waals surface area (Å²) in [5.41, 5.74) is 4.24. The van der Waals surface area contributed by atoms with Crippen LogP contribution < -0.4 is 16.6 Å². The molecule has 2 aromatic carbocycles. The Morgan fingerprint density at radius 3 is 2.09 bits per heavy atom. The number of hydrogen-bond donors (Lipinski definition) is 1. The Labute approximate surface area is 185 Å². The van der Waals surface area contributed by atoms with Crippen molar-refractivity contribution in [2.24, 2.45) is 14.1 Å². The van der Waals surface area contributed by atoms with E-state index >= 15 is 0 Å². The van der Waals surface area contributed by atoms with E-state index in [0.717, 1.165) is 15.7 Å². The van der Waals surface area contributed by atoms with Gasteiger partial charge in [0.05, 0.1) is 11.3 Å². The number of nitrogens with one attached hydrogen (secondary N) is 1. The quantitative estimate of drug-likeness (QED) is 0.645. The maximum atomic E-state index is 13.5. The average Bonchev–Trinajstić information content (AvgIpc) is 3.06. The monoisotopic (exact) mass is 427 g/mol. The van der Waals surface area contributed by atoms with Crippen LogP contribution in [0.25, 0.3) is 5.70 Å². The van der Waals surface area contributed by atoms with E-state index in [1.807, 2.05) is 30.3 Å². The molecule has 0 radical (unpaired) electrons. The Kier molecular flexibility index (Phi) is 4.21. The molecule has 0 saturated carbocycles. The third kappa shape index (κ3) is 2.68. The first-order chi connectivity index (χ1) is 15.1. The number of ketones is 1. The fourth-order valence-corrected chi connectivity index (χ4v) is 4.77. The molecule has 0 amide bonds. The first kappa shape index (κ1) is 20.2. The minimum Gasteiger partial charge on any atom is -0.340 e. The molecule has 2 aliphatic rings. The van der Waals surface area contributed by atoms with Gasteiger partial charge in [-0.05, 0) is 16.5 Å². The largest absolute Gasteiger partial charge is 0.340 e. The number of benzene rings is 2. The van der Waals surface area contributed by atoms with Crippen molar-refractivity contribution >= 4 is 17.3 Å². The first-order valence-corrected chi connectivity index (χ1v) is 10.7. The van der Waals surface area contributed by atoms with Crippen molar-refractivity contribution in [2.75, 3.05) is 5.32 Å². The topological polar surface area (TPSA) is 73.1 Å². The molecule has 1 aliphatic heterocycles. The van der Waals surface area contributed by atoms with E-state index in [9.17, 15) is 14.4 Å². The summed E-state index contributed by atoms with van der Waals surface area (Å²) in [6, 6.07) is 15.5. The average molecular weight is 428 g/mol. The van der Waals surface area contributed by atoms with Gasteiger partial charge in [-0.15, -0.1) is 0 Å². The van der Waals surface area contributed by atoms with E-state index in [0.29, 0.717) is 28.2 Å². The molecular weight excluding hydrogens is 402 g/mol. The molecule has 1 N–H and O–H groups in total. The van der Waals surface area contributed by atoms with Crippen LogP contribution in [0.5, 0.6) is 0 Å². The Bertz CT molecular complexity index is 1450. The van der Waals surface area contributed by atoms with Gasteiger partial charge in [0.1, 0.15) is 5.82 Å². The molecule has 0 spiro atoms. The number of hydrogen-bond acceptors (Lipinski definition) is 4. The van der Waals surface area contributed by atoms with Gasteiger partial charge in [0, 0.05) is 36.7 Å². The number of fused-ring (bicyclic) bond motifs is 3. The van der Waals surface area contributed by atoms with Crippen molar-refractivity contribution in [3.8, 4) is 0 Å². The predicted octanol–water partition coefficient (Wildman–Crippen LogP) is 3.55. The Morgan fingerprint density at radius 2 is 1.47 bits per heavy atom. The van der Waals surface area contributed by atoms with Gasteiger partial charge >= 0.3 is 5.69 Å². The molecule has 1 atom stereocenters. The van der Waals surface area contributed by atoms with Gasteiger partial charge in [0.2, 0.25) is 0 Å². The Balaban J connectivity index is 1.82. The van der Waals surface area contributed by atoms with E-state index in [1.165, 1.54) is 17.2 Å². The highest BCUT2D eigenvalue weighted by Crippen LogP contribution is 2.47. The van der Waals surface area contributed by atoms with Crippen LogP contribution in [0.3, 0.4) is 0 Å². The van der Waals surface area contributed by atoms with E-state index in [1.54, 1.807) is 13.1 Å². The molecule has 6 heteroatoms. The van der Waals surface area contributed by atoms with Crippen LogP contribution in [-0.2, 0) is 19.5 Å². The number of aromatic nitrogens is 2. The van der Waals surface area contributed by atoms with E-state index in [-0.39, 0.29) is 11.2 Å². The summed E-state index contributed by atoms with van der Waals surface area (Å²) in [5, 5.41) is 3.27. The van der Waals surface area contributed by atoms with Gasteiger partial charge in [-0.2, -0.15) is 0 Å². The molecule has 1 aliphatic carbocycles. The van der Waals surface area contributed by atoms with Crippen molar-refractivity contribution in [3.63, 3.8) is 0 Å². The number of Topliss-reactive ketones (excluding diaryl/α,β-unsaturated/α-hetero) is 1. The lowest BCUT2D eigenvalue weighted by Gasteiger charge is -2.30. The highest BCUT2D eigenvalue weighted by Gasteiger charge is 2.42. The second kappa shape index (κ2) is 6.66. The zero-order valence-electron chi connectivity index (χ0n) is 18.8. The molecule has 0 bridgehead atoms. The number of rotatable bonds is 1. The van der Waals surface area contributed by atoms with Gasteiger partial charge in [0.15, 0.2) is 5.78 Å². The number of allylic oxidation sites excluding steroid dienone is 1. The van der Waals surface area contributed by atoms with Crippen molar-refractivity contribution < 1.29 is 4.79 Å². The molecule has 0 saturated heterocycles. The Morgan fingerprint density at radius 1 is 0.844 bits per heavy atom. The maximum absolute atomic E-state index is 13.5. The molecular formula is C26H25N3O3. The summed E-state index contributed by atoms with van der Waals surface area (Å²) in [5.74, 6) is -0.221. The fraction of sp³-hybridized carbons (Fsp3) is 0.269. The van der Waals surface area contributed by atoms with Crippen LogP contribution in [0, 0.1) is 0 Å². The van der Waals surface area contributed by atoms with Gasteiger partial charge in [-0.25, -0.2) is 4.79 Å². The normalized spacial score (nSPS) is 17.0. The highest BCUT2D eigenvalue weighted by molar-refractivity contribution is 6.23. The number of carbonyl (C=O) groups excluding carboxylic acids is 1. The summed E-state index contributed by atoms with van der Waals surface area (Å²) >= 11 is 0. The van der Waals surface area contributed by atoms with Gasteiger partial charge in [-0.3, -0.25) is 18.7 Å². The molecule has 0 fully saturated rings.